The van der Waals surface area contributed by atoms with Gasteiger partial charge < -0.3 is 0 Å². The summed E-state index contributed by atoms with van der Waals surface area (Å²) in [5.41, 5.74) is 6.64. The first-order valence-corrected chi connectivity index (χ1v) is 12.4. The van der Waals surface area contributed by atoms with Gasteiger partial charge in [0, 0.05) is 18.7 Å². The highest BCUT2D eigenvalue weighted by atomic mass is 127. The van der Waals surface area contributed by atoms with Crippen LogP contribution in [0, 0.1) is 10.6 Å². The Morgan fingerprint density at radius 3 is 2.18 bits per heavy atom. The topological polar surface area (TPSA) is 21.1 Å². The van der Waals surface area contributed by atoms with Crippen molar-refractivity contribution in [2.75, 3.05) is 0 Å². The molecule has 2 aromatic carbocycles. The third kappa shape index (κ3) is 4.22. The Labute approximate surface area is 207 Å². The van der Waals surface area contributed by atoms with Gasteiger partial charge in [0.05, 0.1) is 22.5 Å². The minimum absolute atomic E-state index is 0.330. The summed E-state index contributed by atoms with van der Waals surface area (Å²) in [6.45, 7) is 11.7. The first-order chi connectivity index (χ1) is 15.5. The molecule has 0 atom stereocenters. The summed E-state index contributed by atoms with van der Waals surface area (Å²) in [5, 5.41) is 5.11. The van der Waals surface area contributed by atoms with Gasteiger partial charge in [0.2, 0.25) is 0 Å². The van der Waals surface area contributed by atoms with E-state index in [0.717, 1.165) is 34.3 Å². The molecule has 176 valence electrons. The van der Waals surface area contributed by atoms with Crippen LogP contribution in [0.2, 0.25) is 0 Å². The summed E-state index contributed by atoms with van der Waals surface area (Å²) >= 11 is 2.40. The average Bonchev–Trinajstić information content (AvgIpc) is 3.21. The van der Waals surface area contributed by atoms with Crippen LogP contribution < -0.4 is 0 Å². The van der Waals surface area contributed by atoms with Crippen molar-refractivity contribution in [3.05, 3.63) is 79.2 Å². The summed E-state index contributed by atoms with van der Waals surface area (Å²) in [6.07, 6.45) is -2.45. The summed E-state index contributed by atoms with van der Waals surface area (Å²) in [5.74, 6) is 0. The van der Waals surface area contributed by atoms with Crippen LogP contribution >= 0.6 is 22.6 Å². The normalized spacial score (nSPS) is 15.8. The Bertz CT molecular complexity index is 1170. The summed E-state index contributed by atoms with van der Waals surface area (Å²) in [6, 6.07) is 10.5. The molecule has 1 aliphatic rings. The molecular weight excluding hydrogens is 538 g/mol. The molecule has 33 heavy (non-hydrogen) atoms. The molecule has 0 bridgehead atoms. The van der Waals surface area contributed by atoms with Crippen LogP contribution in [-0.4, -0.2) is 14.7 Å². The minimum atomic E-state index is -4.32. The maximum absolute atomic E-state index is 13.1. The standard InChI is InChI=1S/C26H29F3IN3/c1-6-17-9-8-10-18(7-2)22(17)33-24(30)21-15-32(25(4,5)23(21)31-33)14-19-11-12-20(13-16(19)3)26(27,28)29/h8-13H,6-7,14-15H2,1-5H3. The summed E-state index contributed by atoms with van der Waals surface area (Å²) in [7, 11) is 0. The number of fused-ring (bicyclic) bond motifs is 1. The second kappa shape index (κ2) is 8.73. The molecule has 0 amide bonds. The Morgan fingerprint density at radius 2 is 1.67 bits per heavy atom. The lowest BCUT2D eigenvalue weighted by molar-refractivity contribution is -0.137. The molecule has 3 nitrogen and oxygen atoms in total. The number of hydrogen-bond acceptors (Lipinski definition) is 2. The Hall–Kier alpha value is -1.87. The van der Waals surface area contributed by atoms with Crippen LogP contribution in [0.5, 0.6) is 0 Å². The van der Waals surface area contributed by atoms with Gasteiger partial charge in [-0.25, -0.2) is 4.68 Å². The number of aromatic nitrogens is 2. The van der Waals surface area contributed by atoms with E-state index in [9.17, 15) is 13.2 Å². The molecule has 3 aromatic rings. The lowest BCUT2D eigenvalue weighted by Crippen LogP contribution is -2.36. The van der Waals surface area contributed by atoms with Gasteiger partial charge in [-0.3, -0.25) is 4.90 Å². The number of aryl methyl sites for hydroxylation is 3. The average molecular weight is 567 g/mol. The van der Waals surface area contributed by atoms with Crippen molar-refractivity contribution in [3.63, 3.8) is 0 Å². The smallest absolute Gasteiger partial charge is 0.284 e. The van der Waals surface area contributed by atoms with E-state index in [0.29, 0.717) is 12.1 Å². The molecule has 2 heterocycles. The van der Waals surface area contributed by atoms with Crippen molar-refractivity contribution in [1.29, 1.82) is 0 Å². The highest BCUT2D eigenvalue weighted by molar-refractivity contribution is 14.1. The number of alkyl halides is 3. The van der Waals surface area contributed by atoms with Crippen LogP contribution in [0.3, 0.4) is 0 Å². The second-order valence-corrected chi connectivity index (χ2v) is 10.2. The molecule has 0 aliphatic carbocycles. The van der Waals surface area contributed by atoms with Gasteiger partial charge in [0.15, 0.2) is 0 Å². The number of halogens is 4. The zero-order valence-corrected chi connectivity index (χ0v) is 21.8. The van der Waals surface area contributed by atoms with Crippen LogP contribution in [0.4, 0.5) is 13.2 Å². The zero-order chi connectivity index (χ0) is 24.1. The highest BCUT2D eigenvalue weighted by Crippen LogP contribution is 2.42. The lowest BCUT2D eigenvalue weighted by atomic mass is 9.99. The SMILES string of the molecule is CCc1cccc(CC)c1-n1nc2c(c1I)CN(Cc1ccc(C(F)(F)F)cc1C)C2(C)C. The summed E-state index contributed by atoms with van der Waals surface area (Å²) in [4.78, 5) is 2.30. The van der Waals surface area contributed by atoms with E-state index < -0.39 is 11.7 Å². The molecule has 0 unspecified atom stereocenters. The fourth-order valence-corrected chi connectivity index (χ4v) is 5.52. The van der Waals surface area contributed by atoms with Gasteiger partial charge in [0.1, 0.15) is 3.70 Å². The van der Waals surface area contributed by atoms with Crippen LogP contribution in [0.1, 0.15) is 66.8 Å². The van der Waals surface area contributed by atoms with Gasteiger partial charge in [-0.05, 0) is 90.6 Å². The second-order valence-electron chi connectivity index (χ2n) is 9.22. The van der Waals surface area contributed by atoms with E-state index in [1.807, 2.05) is 0 Å². The Kier molecular flexibility index (Phi) is 6.41. The zero-order valence-electron chi connectivity index (χ0n) is 19.6. The molecular formula is C26H29F3IN3. The van der Waals surface area contributed by atoms with Gasteiger partial charge in [-0.2, -0.15) is 18.3 Å². The molecule has 0 radical (unpaired) electrons. The lowest BCUT2D eigenvalue weighted by Gasteiger charge is -2.32. The van der Waals surface area contributed by atoms with E-state index in [4.69, 9.17) is 5.10 Å². The number of rotatable bonds is 5. The minimum Gasteiger partial charge on any atom is -0.284 e. The van der Waals surface area contributed by atoms with Crippen molar-refractivity contribution >= 4 is 22.6 Å². The number of nitrogens with zero attached hydrogens (tertiary/aromatic N) is 3. The largest absolute Gasteiger partial charge is 0.416 e. The molecule has 0 fully saturated rings. The summed E-state index contributed by atoms with van der Waals surface area (Å²) < 4.78 is 42.4. The third-order valence-electron chi connectivity index (χ3n) is 6.85. The van der Waals surface area contributed by atoms with E-state index in [2.05, 4.69) is 78.1 Å². The maximum Gasteiger partial charge on any atom is 0.416 e. The van der Waals surface area contributed by atoms with Crippen LogP contribution in [0.15, 0.2) is 36.4 Å². The fourth-order valence-electron chi connectivity index (χ4n) is 4.74. The molecule has 0 N–H and O–H groups in total. The predicted molar refractivity (Wildman–Crippen MR) is 133 cm³/mol. The Morgan fingerprint density at radius 1 is 1.03 bits per heavy atom. The molecule has 0 spiro atoms. The monoisotopic (exact) mass is 567 g/mol. The van der Waals surface area contributed by atoms with Crippen molar-refractivity contribution in [3.8, 4) is 5.69 Å². The molecule has 1 aliphatic heterocycles. The van der Waals surface area contributed by atoms with Gasteiger partial charge in [0.25, 0.3) is 0 Å². The number of hydrogen-bond donors (Lipinski definition) is 0. The third-order valence-corrected chi connectivity index (χ3v) is 7.96. The van der Waals surface area contributed by atoms with Crippen molar-refractivity contribution in [1.82, 2.24) is 14.7 Å². The van der Waals surface area contributed by atoms with E-state index in [-0.39, 0.29) is 5.54 Å². The molecule has 0 saturated heterocycles. The van der Waals surface area contributed by atoms with Crippen LogP contribution in [0.25, 0.3) is 5.69 Å². The fraction of sp³-hybridized carbons (Fsp3) is 0.423. The molecule has 4 rings (SSSR count). The first-order valence-electron chi connectivity index (χ1n) is 11.3. The molecule has 7 heteroatoms. The highest BCUT2D eigenvalue weighted by Gasteiger charge is 2.42. The van der Waals surface area contributed by atoms with Gasteiger partial charge in [-0.15, -0.1) is 0 Å². The van der Waals surface area contributed by atoms with Gasteiger partial charge in [-0.1, -0.05) is 38.1 Å². The molecule has 0 saturated carbocycles. The van der Waals surface area contributed by atoms with Crippen molar-refractivity contribution < 1.29 is 13.2 Å². The van der Waals surface area contributed by atoms with E-state index >= 15 is 0 Å². The maximum atomic E-state index is 13.1. The van der Waals surface area contributed by atoms with Gasteiger partial charge >= 0.3 is 6.18 Å². The van der Waals surface area contributed by atoms with E-state index in [1.165, 1.54) is 34.5 Å². The van der Waals surface area contributed by atoms with Crippen molar-refractivity contribution in [2.45, 2.75) is 72.3 Å². The van der Waals surface area contributed by atoms with Crippen molar-refractivity contribution in [2.24, 2.45) is 0 Å². The first kappa shape index (κ1) is 24.3. The number of para-hydroxylation sites is 1. The van der Waals surface area contributed by atoms with Crippen LogP contribution in [-0.2, 0) is 37.6 Å². The predicted octanol–water partition coefficient (Wildman–Crippen LogP) is 7.18. The van der Waals surface area contributed by atoms with E-state index in [1.54, 1.807) is 13.0 Å². The number of benzene rings is 2. The quantitative estimate of drug-likeness (QED) is 0.305. The molecule has 1 aromatic heterocycles. The Balaban J connectivity index is 1.68.